The van der Waals surface area contributed by atoms with Crippen LogP contribution in [0.25, 0.3) is 5.69 Å². The third-order valence-corrected chi connectivity index (χ3v) is 5.93. The molecule has 0 aliphatic heterocycles. The van der Waals surface area contributed by atoms with Crippen LogP contribution < -0.4 is 10.0 Å². The monoisotopic (exact) mass is 486 g/mol. The maximum absolute atomic E-state index is 13.7. The van der Waals surface area contributed by atoms with Gasteiger partial charge < -0.3 is 5.32 Å². The van der Waals surface area contributed by atoms with Crippen molar-refractivity contribution in [3.05, 3.63) is 82.6 Å². The molecule has 0 unspecified atom stereocenters. The zero-order valence-electron chi connectivity index (χ0n) is 16.4. The molecule has 2 aromatic carbocycles. The number of aromatic nitrogens is 2. The Labute approximate surface area is 187 Å². The molecule has 0 saturated carbocycles. The highest BCUT2D eigenvalue weighted by atomic mass is 35.5. The lowest BCUT2D eigenvalue weighted by molar-refractivity contribution is -0.143. The summed E-state index contributed by atoms with van der Waals surface area (Å²) in [6, 6.07) is 14.2. The van der Waals surface area contributed by atoms with E-state index < -0.39 is 39.1 Å². The lowest BCUT2D eigenvalue weighted by Gasteiger charge is -2.13. The van der Waals surface area contributed by atoms with Crippen molar-refractivity contribution in [3.63, 3.8) is 0 Å². The van der Waals surface area contributed by atoms with Crippen molar-refractivity contribution < 1.29 is 26.4 Å². The molecule has 1 heterocycles. The van der Waals surface area contributed by atoms with Gasteiger partial charge >= 0.3 is 6.18 Å². The van der Waals surface area contributed by atoms with Gasteiger partial charge in [0.15, 0.2) is 5.69 Å². The molecular formula is C20H18ClF3N4O3S. The molecule has 2 N–H and O–H groups in total. The topological polar surface area (TPSA) is 93.1 Å². The molecule has 0 aliphatic rings. The standard InChI is InChI=1S/C20H18ClF3N4O3S/c21-15-6-8-16(9-7-15)28-18(20(22,23)24)17(13-26-28)19(29)25-10-11-32(30,31)27-12-14-4-2-1-3-5-14/h1-9,13,27H,10-12H2,(H,25,29). The molecule has 12 heteroatoms. The van der Waals surface area contributed by atoms with Crippen LogP contribution in [0.1, 0.15) is 21.6 Å². The van der Waals surface area contributed by atoms with Crippen LogP contribution in [0.15, 0.2) is 60.8 Å². The summed E-state index contributed by atoms with van der Waals surface area (Å²) >= 11 is 5.77. The first-order chi connectivity index (χ1) is 15.1. The van der Waals surface area contributed by atoms with Gasteiger partial charge in [0.2, 0.25) is 10.0 Å². The van der Waals surface area contributed by atoms with E-state index in [0.29, 0.717) is 9.70 Å². The number of amides is 1. The van der Waals surface area contributed by atoms with Gasteiger partial charge in [-0.05, 0) is 29.8 Å². The Morgan fingerprint density at radius 3 is 2.34 bits per heavy atom. The minimum atomic E-state index is -4.88. The van der Waals surface area contributed by atoms with E-state index in [9.17, 15) is 26.4 Å². The Morgan fingerprint density at radius 2 is 1.72 bits per heavy atom. The SMILES string of the molecule is O=C(NCCS(=O)(=O)NCc1ccccc1)c1cnn(-c2ccc(Cl)cc2)c1C(F)(F)F. The van der Waals surface area contributed by atoms with Crippen molar-refractivity contribution >= 4 is 27.5 Å². The number of halogens is 4. The Balaban J connectivity index is 1.68. The van der Waals surface area contributed by atoms with E-state index in [1.807, 2.05) is 0 Å². The van der Waals surface area contributed by atoms with E-state index >= 15 is 0 Å². The second-order valence-corrected chi connectivity index (χ2v) is 9.04. The normalized spacial score (nSPS) is 12.0. The summed E-state index contributed by atoms with van der Waals surface area (Å²) in [6.45, 7) is -0.324. The van der Waals surface area contributed by atoms with Gasteiger partial charge in [0.25, 0.3) is 5.91 Å². The van der Waals surface area contributed by atoms with Crippen LogP contribution in [0, 0.1) is 0 Å². The summed E-state index contributed by atoms with van der Waals surface area (Å²) < 4.78 is 68.1. The second-order valence-electron chi connectivity index (χ2n) is 6.67. The summed E-state index contributed by atoms with van der Waals surface area (Å²) in [5, 5.41) is 6.22. The van der Waals surface area contributed by atoms with Crippen LogP contribution in [-0.2, 0) is 22.7 Å². The molecule has 0 radical (unpaired) electrons. The molecule has 0 bridgehead atoms. The molecule has 0 atom stereocenters. The number of alkyl halides is 3. The first-order valence-electron chi connectivity index (χ1n) is 9.27. The van der Waals surface area contributed by atoms with Gasteiger partial charge in [-0.1, -0.05) is 41.9 Å². The molecule has 0 spiro atoms. The molecule has 0 saturated heterocycles. The van der Waals surface area contributed by atoms with Gasteiger partial charge in [0.05, 0.1) is 23.2 Å². The van der Waals surface area contributed by atoms with Gasteiger partial charge in [-0.2, -0.15) is 18.3 Å². The number of nitrogens with one attached hydrogen (secondary N) is 2. The van der Waals surface area contributed by atoms with E-state index in [-0.39, 0.29) is 18.8 Å². The second kappa shape index (κ2) is 9.72. The minimum absolute atomic E-state index is 0.0587. The Kier molecular flexibility index (Phi) is 7.22. The quantitative estimate of drug-likeness (QED) is 0.510. The van der Waals surface area contributed by atoms with Crippen LogP contribution in [0.5, 0.6) is 0 Å². The Hall–Kier alpha value is -2.89. The third-order valence-electron chi connectivity index (χ3n) is 4.35. The predicted molar refractivity (Wildman–Crippen MR) is 113 cm³/mol. The smallest absolute Gasteiger partial charge is 0.351 e. The van der Waals surface area contributed by atoms with Gasteiger partial charge in [-0.15, -0.1) is 0 Å². The third kappa shape index (κ3) is 6.09. The van der Waals surface area contributed by atoms with E-state index in [0.717, 1.165) is 11.8 Å². The summed E-state index contributed by atoms with van der Waals surface area (Å²) in [4.78, 5) is 12.4. The predicted octanol–water partition coefficient (Wildman–Crippen LogP) is 3.39. The summed E-state index contributed by atoms with van der Waals surface area (Å²) in [7, 11) is -3.76. The molecule has 1 aromatic heterocycles. The van der Waals surface area contributed by atoms with Crippen molar-refractivity contribution in [2.45, 2.75) is 12.7 Å². The van der Waals surface area contributed by atoms with Crippen molar-refractivity contribution in [2.24, 2.45) is 0 Å². The highest BCUT2D eigenvalue weighted by Crippen LogP contribution is 2.33. The van der Waals surface area contributed by atoms with E-state index in [2.05, 4.69) is 15.1 Å². The molecule has 3 rings (SSSR count). The summed E-state index contributed by atoms with van der Waals surface area (Å²) in [6.07, 6.45) is -4.10. The van der Waals surface area contributed by atoms with Crippen molar-refractivity contribution in [1.82, 2.24) is 19.8 Å². The first-order valence-corrected chi connectivity index (χ1v) is 11.3. The number of carbonyl (C=O) groups excluding carboxylic acids is 1. The van der Waals surface area contributed by atoms with Crippen LogP contribution in [-0.4, -0.2) is 36.4 Å². The summed E-state index contributed by atoms with van der Waals surface area (Å²) in [5.74, 6) is -1.59. The van der Waals surface area contributed by atoms with Crippen molar-refractivity contribution in [3.8, 4) is 5.69 Å². The molecule has 0 fully saturated rings. The molecule has 3 aromatic rings. The zero-order chi connectivity index (χ0) is 23.4. The van der Waals surface area contributed by atoms with Crippen LogP contribution in [0.3, 0.4) is 0 Å². The minimum Gasteiger partial charge on any atom is -0.351 e. The Bertz CT molecular complexity index is 1180. The zero-order valence-corrected chi connectivity index (χ0v) is 18.0. The molecule has 170 valence electrons. The number of rotatable bonds is 8. The number of hydrogen-bond donors (Lipinski definition) is 2. The number of sulfonamides is 1. The first kappa shape index (κ1) is 23.8. The fourth-order valence-corrected chi connectivity index (χ4v) is 3.85. The maximum Gasteiger partial charge on any atom is 0.434 e. The lowest BCUT2D eigenvalue weighted by Crippen LogP contribution is -2.35. The fraction of sp³-hybridized carbons (Fsp3) is 0.200. The molecule has 32 heavy (non-hydrogen) atoms. The van der Waals surface area contributed by atoms with Crippen LogP contribution in [0.4, 0.5) is 13.2 Å². The Morgan fingerprint density at radius 1 is 1.06 bits per heavy atom. The average molecular weight is 487 g/mol. The number of nitrogens with zero attached hydrogens (tertiary/aromatic N) is 2. The van der Waals surface area contributed by atoms with E-state index in [1.54, 1.807) is 30.3 Å². The van der Waals surface area contributed by atoms with Crippen LogP contribution >= 0.6 is 11.6 Å². The average Bonchev–Trinajstić information content (AvgIpc) is 3.19. The van der Waals surface area contributed by atoms with E-state index in [1.165, 1.54) is 24.3 Å². The van der Waals surface area contributed by atoms with Crippen molar-refractivity contribution in [2.75, 3.05) is 12.3 Å². The molecular weight excluding hydrogens is 469 g/mol. The number of benzene rings is 2. The number of carbonyl (C=O) groups is 1. The fourth-order valence-electron chi connectivity index (χ4n) is 2.82. The van der Waals surface area contributed by atoms with Crippen LogP contribution in [0.2, 0.25) is 5.02 Å². The molecule has 0 aliphatic carbocycles. The largest absolute Gasteiger partial charge is 0.434 e. The van der Waals surface area contributed by atoms with Gasteiger partial charge in [0.1, 0.15) is 0 Å². The van der Waals surface area contributed by atoms with Crippen molar-refractivity contribution in [1.29, 1.82) is 0 Å². The van der Waals surface area contributed by atoms with Gasteiger partial charge in [-0.25, -0.2) is 17.8 Å². The van der Waals surface area contributed by atoms with Gasteiger partial charge in [-0.3, -0.25) is 4.79 Å². The van der Waals surface area contributed by atoms with E-state index in [4.69, 9.17) is 11.6 Å². The summed E-state index contributed by atoms with van der Waals surface area (Å²) in [5.41, 5.74) is -1.19. The number of hydrogen-bond acceptors (Lipinski definition) is 4. The maximum atomic E-state index is 13.7. The van der Waals surface area contributed by atoms with Gasteiger partial charge in [0, 0.05) is 18.1 Å². The lowest BCUT2D eigenvalue weighted by atomic mass is 10.2. The molecule has 7 nitrogen and oxygen atoms in total. The highest BCUT2D eigenvalue weighted by molar-refractivity contribution is 7.89. The molecule has 1 amide bonds. The highest BCUT2D eigenvalue weighted by Gasteiger charge is 2.40.